The van der Waals surface area contributed by atoms with Gasteiger partial charge in [-0.05, 0) is 28.9 Å². The Morgan fingerprint density at radius 3 is 2.56 bits per heavy atom. The molecular formula is C12H15BrO5. The summed E-state index contributed by atoms with van der Waals surface area (Å²) in [6, 6.07) is 3.18. The van der Waals surface area contributed by atoms with Crippen LogP contribution in [0, 0.1) is 0 Å². The zero-order valence-electron chi connectivity index (χ0n) is 10.4. The summed E-state index contributed by atoms with van der Waals surface area (Å²) in [6.07, 6.45) is -1.39. The largest absolute Gasteiger partial charge is 0.495 e. The van der Waals surface area contributed by atoms with Crippen LogP contribution in [0.1, 0.15) is 18.6 Å². The van der Waals surface area contributed by atoms with Gasteiger partial charge in [-0.15, -0.1) is 0 Å². The number of ether oxygens (including phenoxy) is 3. The van der Waals surface area contributed by atoms with Crippen LogP contribution in [0.25, 0.3) is 0 Å². The molecule has 0 radical (unpaired) electrons. The van der Waals surface area contributed by atoms with Crippen molar-refractivity contribution >= 4 is 21.9 Å². The number of rotatable bonds is 5. The molecule has 1 unspecified atom stereocenters. The number of carbonyl (C=O) groups is 1. The average Bonchev–Trinajstić information content (AvgIpc) is 2.38. The average molecular weight is 319 g/mol. The molecule has 0 aliphatic heterocycles. The van der Waals surface area contributed by atoms with E-state index in [1.54, 1.807) is 12.1 Å². The van der Waals surface area contributed by atoms with Gasteiger partial charge in [0.15, 0.2) is 6.10 Å². The summed E-state index contributed by atoms with van der Waals surface area (Å²) in [6.45, 7) is 2.22. The minimum absolute atomic E-state index is 0.330. The lowest BCUT2D eigenvalue weighted by Gasteiger charge is -2.16. The van der Waals surface area contributed by atoms with Gasteiger partial charge in [-0.1, -0.05) is 0 Å². The highest BCUT2D eigenvalue weighted by molar-refractivity contribution is 9.10. The van der Waals surface area contributed by atoms with Gasteiger partial charge in [-0.2, -0.15) is 0 Å². The quantitative estimate of drug-likeness (QED) is 0.842. The fourth-order valence-electron chi connectivity index (χ4n) is 1.44. The highest BCUT2D eigenvalue weighted by Crippen LogP contribution is 2.36. The van der Waals surface area contributed by atoms with Crippen LogP contribution in [0.2, 0.25) is 0 Å². The Labute approximate surface area is 114 Å². The van der Waals surface area contributed by atoms with E-state index in [-0.39, 0.29) is 0 Å². The third-order valence-electron chi connectivity index (χ3n) is 2.30. The molecule has 0 amide bonds. The first kappa shape index (κ1) is 14.8. The van der Waals surface area contributed by atoms with Gasteiger partial charge in [0.2, 0.25) is 0 Å². The Bertz CT molecular complexity index is 433. The first-order valence-corrected chi connectivity index (χ1v) is 6.10. The molecule has 0 heterocycles. The third kappa shape index (κ3) is 3.14. The predicted molar refractivity (Wildman–Crippen MR) is 68.8 cm³/mol. The van der Waals surface area contributed by atoms with Crippen molar-refractivity contribution in [3.05, 3.63) is 22.2 Å². The lowest BCUT2D eigenvalue weighted by atomic mass is 10.1. The van der Waals surface area contributed by atoms with Crippen LogP contribution in [0.15, 0.2) is 16.6 Å². The predicted octanol–water partition coefficient (Wildman–Crippen LogP) is 2.06. The molecular weight excluding hydrogens is 304 g/mol. The van der Waals surface area contributed by atoms with Crippen molar-refractivity contribution in [2.24, 2.45) is 0 Å². The van der Waals surface area contributed by atoms with Gasteiger partial charge in [0.1, 0.15) is 11.5 Å². The summed E-state index contributed by atoms with van der Waals surface area (Å²) in [5, 5.41) is 9.87. The molecule has 0 aliphatic rings. The molecule has 0 saturated carbocycles. The molecule has 1 rings (SSSR count). The monoisotopic (exact) mass is 318 g/mol. The maximum absolute atomic E-state index is 11.4. The van der Waals surface area contributed by atoms with Gasteiger partial charge in [0.05, 0.1) is 25.3 Å². The van der Waals surface area contributed by atoms with Gasteiger partial charge in [0, 0.05) is 11.6 Å². The van der Waals surface area contributed by atoms with Crippen molar-refractivity contribution in [2.75, 3.05) is 20.8 Å². The summed E-state index contributed by atoms with van der Waals surface area (Å²) < 4.78 is 15.6. The second kappa shape index (κ2) is 6.61. The number of esters is 1. The van der Waals surface area contributed by atoms with E-state index >= 15 is 0 Å². The lowest BCUT2D eigenvalue weighted by Crippen LogP contribution is -2.15. The molecule has 0 spiro atoms. The highest BCUT2D eigenvalue weighted by Gasteiger charge is 2.23. The van der Waals surface area contributed by atoms with E-state index in [1.165, 1.54) is 14.2 Å². The molecule has 1 atom stereocenters. The van der Waals surface area contributed by atoms with E-state index in [4.69, 9.17) is 9.47 Å². The van der Waals surface area contributed by atoms with E-state index in [0.717, 1.165) is 0 Å². The molecule has 0 saturated heterocycles. The smallest absolute Gasteiger partial charge is 0.339 e. The maximum atomic E-state index is 11.4. The number of hydrogen-bond acceptors (Lipinski definition) is 5. The van der Waals surface area contributed by atoms with Crippen LogP contribution < -0.4 is 9.47 Å². The number of halogens is 1. The maximum Gasteiger partial charge on any atom is 0.339 e. The van der Waals surface area contributed by atoms with E-state index in [2.05, 4.69) is 20.7 Å². The van der Waals surface area contributed by atoms with Crippen molar-refractivity contribution in [1.29, 1.82) is 0 Å². The zero-order valence-corrected chi connectivity index (χ0v) is 12.0. The van der Waals surface area contributed by atoms with E-state index in [0.29, 0.717) is 28.1 Å². The fraction of sp³-hybridized carbons (Fsp3) is 0.417. The van der Waals surface area contributed by atoms with Crippen LogP contribution >= 0.6 is 15.9 Å². The van der Waals surface area contributed by atoms with Crippen LogP contribution in [-0.4, -0.2) is 31.9 Å². The number of hydrogen-bond donors (Lipinski definition) is 1. The lowest BCUT2D eigenvalue weighted by molar-refractivity contribution is -0.150. The SMILES string of the molecule is CCOc1cc(OC)c(Br)cc1C(O)C(=O)OC. The normalized spacial score (nSPS) is 11.8. The molecule has 1 aromatic carbocycles. The first-order chi connectivity index (χ1) is 8.54. The second-order valence-electron chi connectivity index (χ2n) is 3.38. The minimum atomic E-state index is -1.39. The Morgan fingerprint density at radius 2 is 2.06 bits per heavy atom. The molecule has 0 bridgehead atoms. The zero-order chi connectivity index (χ0) is 13.7. The van der Waals surface area contributed by atoms with Gasteiger partial charge >= 0.3 is 5.97 Å². The summed E-state index contributed by atoms with van der Waals surface area (Å²) >= 11 is 3.29. The summed E-state index contributed by atoms with van der Waals surface area (Å²) in [4.78, 5) is 11.4. The highest BCUT2D eigenvalue weighted by atomic mass is 79.9. The van der Waals surface area contributed by atoms with Crippen LogP contribution in [0.4, 0.5) is 0 Å². The fourth-order valence-corrected chi connectivity index (χ4v) is 1.96. The second-order valence-corrected chi connectivity index (χ2v) is 4.24. The Hall–Kier alpha value is -1.27. The van der Waals surface area contributed by atoms with E-state index < -0.39 is 12.1 Å². The Kier molecular flexibility index (Phi) is 5.43. The summed E-state index contributed by atoms with van der Waals surface area (Å²) in [5.41, 5.74) is 0.330. The molecule has 18 heavy (non-hydrogen) atoms. The van der Waals surface area contributed by atoms with Crippen LogP contribution in [-0.2, 0) is 9.53 Å². The third-order valence-corrected chi connectivity index (χ3v) is 2.92. The first-order valence-electron chi connectivity index (χ1n) is 5.31. The molecule has 1 aromatic rings. The van der Waals surface area contributed by atoms with Crippen molar-refractivity contribution in [2.45, 2.75) is 13.0 Å². The van der Waals surface area contributed by atoms with Gasteiger partial charge in [0.25, 0.3) is 0 Å². The van der Waals surface area contributed by atoms with Crippen molar-refractivity contribution in [3.8, 4) is 11.5 Å². The standard InChI is InChI=1S/C12H15BrO5/c1-4-18-9-6-10(16-2)8(13)5-7(9)11(14)12(15)17-3/h5-6,11,14H,4H2,1-3H3. The molecule has 6 heteroatoms. The van der Waals surface area contributed by atoms with Gasteiger partial charge in [-0.3, -0.25) is 0 Å². The van der Waals surface area contributed by atoms with Crippen LogP contribution in [0.5, 0.6) is 11.5 Å². The summed E-state index contributed by atoms with van der Waals surface area (Å²) in [5.74, 6) is 0.197. The van der Waals surface area contributed by atoms with E-state index in [9.17, 15) is 9.90 Å². The number of carbonyl (C=O) groups excluding carboxylic acids is 1. The van der Waals surface area contributed by atoms with Gasteiger partial charge < -0.3 is 19.3 Å². The number of methoxy groups -OCH3 is 2. The van der Waals surface area contributed by atoms with Crippen molar-refractivity contribution in [3.63, 3.8) is 0 Å². The van der Waals surface area contributed by atoms with E-state index in [1.807, 2.05) is 6.92 Å². The topological polar surface area (TPSA) is 65.0 Å². The van der Waals surface area contributed by atoms with Crippen molar-refractivity contribution in [1.82, 2.24) is 0 Å². The van der Waals surface area contributed by atoms with Crippen molar-refractivity contribution < 1.29 is 24.1 Å². The number of aliphatic hydroxyl groups excluding tert-OH is 1. The van der Waals surface area contributed by atoms with Crippen LogP contribution in [0.3, 0.4) is 0 Å². The molecule has 5 nitrogen and oxygen atoms in total. The molecule has 100 valence electrons. The Morgan fingerprint density at radius 1 is 1.39 bits per heavy atom. The molecule has 0 fully saturated rings. The van der Waals surface area contributed by atoms with Gasteiger partial charge in [-0.25, -0.2) is 4.79 Å². The molecule has 1 N–H and O–H groups in total. The number of benzene rings is 1. The number of aliphatic hydroxyl groups is 1. The minimum Gasteiger partial charge on any atom is -0.495 e. The molecule has 0 aromatic heterocycles. The summed E-state index contributed by atoms with van der Waals surface area (Å²) in [7, 11) is 2.73. The Balaban J connectivity index is 3.23. The molecule has 0 aliphatic carbocycles.